The SMILES string of the molecule is COC1(C(O)c2ccn(C)n2)CCC(C)(C)CC1. The van der Waals surface area contributed by atoms with Crippen LogP contribution in [0.15, 0.2) is 12.3 Å². The number of nitrogens with zero attached hydrogens (tertiary/aromatic N) is 2. The lowest BCUT2D eigenvalue weighted by atomic mass is 9.68. The van der Waals surface area contributed by atoms with Gasteiger partial charge in [-0.05, 0) is 37.2 Å². The Balaban J connectivity index is 2.18. The zero-order valence-electron chi connectivity index (χ0n) is 11.8. The van der Waals surface area contributed by atoms with Gasteiger partial charge in [0.05, 0.1) is 11.3 Å². The van der Waals surface area contributed by atoms with Gasteiger partial charge in [-0.25, -0.2) is 0 Å². The Labute approximate surface area is 109 Å². The van der Waals surface area contributed by atoms with Crippen LogP contribution in [0.25, 0.3) is 0 Å². The highest BCUT2D eigenvalue weighted by Gasteiger charge is 2.45. The van der Waals surface area contributed by atoms with Crippen LogP contribution in [0.4, 0.5) is 0 Å². The minimum atomic E-state index is -0.639. The molecule has 0 amide bonds. The molecule has 1 saturated carbocycles. The number of aliphatic hydroxyl groups excluding tert-OH is 1. The molecule has 0 bridgehead atoms. The van der Waals surface area contributed by atoms with Crippen LogP contribution in [0.5, 0.6) is 0 Å². The molecule has 4 heteroatoms. The maximum absolute atomic E-state index is 10.6. The second-order valence-corrected chi connectivity index (χ2v) is 6.25. The van der Waals surface area contributed by atoms with E-state index in [1.165, 1.54) is 0 Å². The van der Waals surface area contributed by atoms with Crippen molar-refractivity contribution < 1.29 is 9.84 Å². The number of aromatic nitrogens is 2. The van der Waals surface area contributed by atoms with E-state index in [1.807, 2.05) is 19.3 Å². The van der Waals surface area contributed by atoms with Gasteiger partial charge in [0.25, 0.3) is 0 Å². The summed E-state index contributed by atoms with van der Waals surface area (Å²) in [4.78, 5) is 0. The first-order valence-electron chi connectivity index (χ1n) is 6.61. The Morgan fingerprint density at radius 2 is 1.94 bits per heavy atom. The van der Waals surface area contributed by atoms with Crippen LogP contribution in [-0.2, 0) is 11.8 Å². The summed E-state index contributed by atoms with van der Waals surface area (Å²) >= 11 is 0. The van der Waals surface area contributed by atoms with E-state index in [-0.39, 0.29) is 0 Å². The predicted octanol–water partition coefficient (Wildman–Crippen LogP) is 2.44. The molecule has 1 aromatic heterocycles. The van der Waals surface area contributed by atoms with Gasteiger partial charge in [0.2, 0.25) is 0 Å². The molecule has 1 fully saturated rings. The van der Waals surface area contributed by atoms with Crippen LogP contribution in [0, 0.1) is 5.41 Å². The number of ether oxygens (including phenoxy) is 1. The number of hydrogen-bond donors (Lipinski definition) is 1. The van der Waals surface area contributed by atoms with Crippen molar-refractivity contribution in [3.05, 3.63) is 18.0 Å². The van der Waals surface area contributed by atoms with Crippen molar-refractivity contribution in [2.45, 2.75) is 51.2 Å². The highest BCUT2D eigenvalue weighted by Crippen LogP contribution is 2.46. The van der Waals surface area contributed by atoms with Crippen molar-refractivity contribution in [2.24, 2.45) is 12.5 Å². The normalized spacial score (nSPS) is 23.8. The van der Waals surface area contributed by atoms with Gasteiger partial charge < -0.3 is 9.84 Å². The Kier molecular flexibility index (Phi) is 3.52. The molecular formula is C14H24N2O2. The summed E-state index contributed by atoms with van der Waals surface area (Å²) in [7, 11) is 3.56. The molecule has 1 aliphatic rings. The summed E-state index contributed by atoms with van der Waals surface area (Å²) in [5.74, 6) is 0. The van der Waals surface area contributed by atoms with Crippen molar-refractivity contribution in [2.75, 3.05) is 7.11 Å². The van der Waals surface area contributed by atoms with Crippen LogP contribution in [0.2, 0.25) is 0 Å². The van der Waals surface area contributed by atoms with Crippen molar-refractivity contribution >= 4 is 0 Å². The zero-order valence-corrected chi connectivity index (χ0v) is 11.8. The Morgan fingerprint density at radius 1 is 1.33 bits per heavy atom. The number of methoxy groups -OCH3 is 1. The van der Waals surface area contributed by atoms with Gasteiger partial charge >= 0.3 is 0 Å². The number of hydrogen-bond acceptors (Lipinski definition) is 3. The fraction of sp³-hybridized carbons (Fsp3) is 0.786. The average Bonchev–Trinajstić information content (AvgIpc) is 2.76. The molecule has 0 aliphatic heterocycles. The van der Waals surface area contributed by atoms with Crippen molar-refractivity contribution in [3.8, 4) is 0 Å². The second-order valence-electron chi connectivity index (χ2n) is 6.25. The summed E-state index contributed by atoms with van der Waals surface area (Å²) in [6.45, 7) is 4.56. The van der Waals surface area contributed by atoms with Crippen molar-refractivity contribution in [1.29, 1.82) is 0 Å². The molecule has 0 radical (unpaired) electrons. The molecule has 4 nitrogen and oxygen atoms in total. The summed E-state index contributed by atoms with van der Waals surface area (Å²) in [6, 6.07) is 1.87. The van der Waals surface area contributed by atoms with Gasteiger partial charge in [0.1, 0.15) is 6.10 Å². The Hall–Kier alpha value is -0.870. The van der Waals surface area contributed by atoms with Crippen molar-refractivity contribution in [3.63, 3.8) is 0 Å². The molecule has 1 N–H and O–H groups in total. The highest BCUT2D eigenvalue weighted by molar-refractivity contribution is 5.10. The lowest BCUT2D eigenvalue weighted by molar-refractivity contribution is -0.139. The number of aryl methyl sites for hydroxylation is 1. The summed E-state index contributed by atoms with van der Waals surface area (Å²) in [5, 5.41) is 14.9. The monoisotopic (exact) mass is 252 g/mol. The van der Waals surface area contributed by atoms with E-state index in [4.69, 9.17) is 4.74 Å². The fourth-order valence-corrected chi connectivity index (χ4v) is 2.79. The molecule has 0 saturated heterocycles. The maximum atomic E-state index is 10.6. The maximum Gasteiger partial charge on any atom is 0.127 e. The molecular weight excluding hydrogens is 228 g/mol. The smallest absolute Gasteiger partial charge is 0.127 e. The molecule has 0 spiro atoms. The van der Waals surface area contributed by atoms with E-state index in [0.717, 1.165) is 25.7 Å². The first-order valence-corrected chi connectivity index (χ1v) is 6.61. The standard InChI is InChI=1S/C14H24N2O2/c1-13(2)6-8-14(18-4,9-7-13)12(17)11-5-10-16(3)15-11/h5,10,12,17H,6-9H2,1-4H3. The lowest BCUT2D eigenvalue weighted by Crippen LogP contribution is -2.44. The molecule has 1 aliphatic carbocycles. The first kappa shape index (κ1) is 13.6. The largest absolute Gasteiger partial charge is 0.384 e. The fourth-order valence-electron chi connectivity index (χ4n) is 2.79. The molecule has 18 heavy (non-hydrogen) atoms. The predicted molar refractivity (Wildman–Crippen MR) is 70.2 cm³/mol. The van der Waals surface area contributed by atoms with Crippen LogP contribution in [0.1, 0.15) is 51.3 Å². The summed E-state index contributed by atoms with van der Waals surface area (Å²) in [5.41, 5.74) is 0.592. The Bertz CT molecular complexity index is 402. The van der Waals surface area contributed by atoms with Gasteiger partial charge in [-0.1, -0.05) is 13.8 Å². The van der Waals surface area contributed by atoms with Gasteiger partial charge in [-0.3, -0.25) is 4.68 Å². The zero-order chi connectivity index (χ0) is 13.4. The van der Waals surface area contributed by atoms with E-state index >= 15 is 0 Å². The first-order chi connectivity index (χ1) is 8.38. The van der Waals surface area contributed by atoms with Gasteiger partial charge in [-0.2, -0.15) is 5.10 Å². The second kappa shape index (κ2) is 4.67. The number of aliphatic hydroxyl groups is 1. The van der Waals surface area contributed by atoms with Crippen LogP contribution in [0.3, 0.4) is 0 Å². The average molecular weight is 252 g/mol. The third-order valence-corrected chi connectivity index (χ3v) is 4.37. The van der Waals surface area contributed by atoms with E-state index in [2.05, 4.69) is 18.9 Å². The quantitative estimate of drug-likeness (QED) is 0.898. The van der Waals surface area contributed by atoms with E-state index in [1.54, 1.807) is 11.8 Å². The molecule has 2 rings (SSSR count). The van der Waals surface area contributed by atoms with Crippen LogP contribution >= 0.6 is 0 Å². The van der Waals surface area contributed by atoms with E-state index in [9.17, 15) is 5.11 Å². The molecule has 1 atom stereocenters. The van der Waals surface area contributed by atoms with Gasteiger partial charge in [-0.15, -0.1) is 0 Å². The molecule has 1 unspecified atom stereocenters. The minimum absolute atomic E-state index is 0.353. The van der Waals surface area contributed by atoms with Crippen molar-refractivity contribution in [1.82, 2.24) is 9.78 Å². The van der Waals surface area contributed by atoms with Crippen LogP contribution < -0.4 is 0 Å². The lowest BCUT2D eigenvalue weighted by Gasteiger charge is -2.44. The van der Waals surface area contributed by atoms with Crippen LogP contribution in [-0.4, -0.2) is 27.6 Å². The Morgan fingerprint density at radius 3 is 2.39 bits per heavy atom. The molecule has 1 heterocycles. The third-order valence-electron chi connectivity index (χ3n) is 4.37. The molecule has 1 aromatic rings. The summed E-state index contributed by atoms with van der Waals surface area (Å²) < 4.78 is 7.42. The summed E-state index contributed by atoms with van der Waals surface area (Å²) in [6.07, 6.45) is 5.13. The van der Waals surface area contributed by atoms with E-state index in [0.29, 0.717) is 11.1 Å². The highest BCUT2D eigenvalue weighted by atomic mass is 16.5. The topological polar surface area (TPSA) is 47.3 Å². The number of rotatable bonds is 3. The van der Waals surface area contributed by atoms with Gasteiger partial charge in [0, 0.05) is 20.4 Å². The molecule has 0 aromatic carbocycles. The molecule has 102 valence electrons. The van der Waals surface area contributed by atoms with E-state index < -0.39 is 11.7 Å². The van der Waals surface area contributed by atoms with Gasteiger partial charge in [0.15, 0.2) is 0 Å². The minimum Gasteiger partial charge on any atom is -0.384 e. The third kappa shape index (κ3) is 2.45.